The number of aryl methyl sites for hydroxylation is 4. The molecule has 1 aliphatic heterocycles. The fraction of sp³-hybridized carbons (Fsp3) is 0.600. The zero-order chi connectivity index (χ0) is 20.4. The Hall–Kier alpha value is -2.48. The molecule has 1 fully saturated rings. The molecule has 0 saturated carbocycles. The number of rotatable bonds is 5. The van der Waals surface area contributed by atoms with Gasteiger partial charge in [0.25, 0.3) is 5.91 Å². The second kappa shape index (κ2) is 8.26. The smallest absolute Gasteiger partial charge is 0.257 e. The highest BCUT2D eigenvalue weighted by atomic mass is 16.2. The predicted molar refractivity (Wildman–Crippen MR) is 110 cm³/mol. The minimum Gasteiger partial charge on any atom is -0.358 e. The van der Waals surface area contributed by atoms with E-state index in [1.54, 1.807) is 4.68 Å². The lowest BCUT2D eigenvalue weighted by atomic mass is 10.2. The van der Waals surface area contributed by atoms with Crippen molar-refractivity contribution in [2.45, 2.75) is 27.7 Å². The van der Waals surface area contributed by atoms with E-state index in [2.05, 4.69) is 38.8 Å². The van der Waals surface area contributed by atoms with E-state index in [0.717, 1.165) is 67.9 Å². The standard InChI is InChI=1S/C20H31N7O/c1-14-15(2)21-17(4)22-19(14)24(5)7-8-26-9-11-27(12-10-26)20(28)18-13-25(6)23-16(18)3/h13H,7-12H2,1-6H3. The molecule has 2 aromatic rings. The Bertz CT molecular complexity index is 852. The average Bonchev–Trinajstić information content (AvgIpc) is 3.00. The maximum Gasteiger partial charge on any atom is 0.257 e. The molecule has 0 bridgehead atoms. The van der Waals surface area contributed by atoms with Crippen molar-refractivity contribution in [1.29, 1.82) is 0 Å². The Kier molecular flexibility index (Phi) is 5.98. The van der Waals surface area contributed by atoms with E-state index in [4.69, 9.17) is 0 Å². The highest BCUT2D eigenvalue weighted by Crippen LogP contribution is 2.18. The van der Waals surface area contributed by atoms with Gasteiger partial charge in [-0.05, 0) is 27.7 Å². The van der Waals surface area contributed by atoms with Gasteiger partial charge in [-0.2, -0.15) is 5.10 Å². The number of nitrogens with zero attached hydrogens (tertiary/aromatic N) is 7. The molecule has 0 atom stereocenters. The zero-order valence-corrected chi connectivity index (χ0v) is 17.9. The minimum absolute atomic E-state index is 0.0879. The summed E-state index contributed by atoms with van der Waals surface area (Å²) in [6, 6.07) is 0. The monoisotopic (exact) mass is 385 g/mol. The molecule has 0 N–H and O–H groups in total. The Balaban J connectivity index is 1.52. The number of amides is 1. The van der Waals surface area contributed by atoms with Crippen molar-refractivity contribution in [3.8, 4) is 0 Å². The summed E-state index contributed by atoms with van der Waals surface area (Å²) in [5, 5.41) is 4.28. The molecule has 0 aromatic carbocycles. The van der Waals surface area contributed by atoms with Gasteiger partial charge >= 0.3 is 0 Å². The van der Waals surface area contributed by atoms with Crippen molar-refractivity contribution < 1.29 is 4.79 Å². The number of piperazine rings is 1. The van der Waals surface area contributed by atoms with Gasteiger partial charge < -0.3 is 9.80 Å². The van der Waals surface area contributed by atoms with Gasteiger partial charge in [0.2, 0.25) is 0 Å². The highest BCUT2D eigenvalue weighted by molar-refractivity contribution is 5.95. The van der Waals surface area contributed by atoms with Crippen LogP contribution in [0.2, 0.25) is 0 Å². The van der Waals surface area contributed by atoms with E-state index in [-0.39, 0.29) is 5.91 Å². The van der Waals surface area contributed by atoms with Crippen LogP contribution in [-0.2, 0) is 7.05 Å². The van der Waals surface area contributed by atoms with Gasteiger partial charge in [-0.25, -0.2) is 9.97 Å². The molecule has 8 nitrogen and oxygen atoms in total. The minimum atomic E-state index is 0.0879. The van der Waals surface area contributed by atoms with Crippen LogP contribution in [0.25, 0.3) is 0 Å². The molecule has 1 amide bonds. The van der Waals surface area contributed by atoms with E-state index in [1.807, 2.05) is 38.9 Å². The molecule has 0 unspecified atom stereocenters. The van der Waals surface area contributed by atoms with Gasteiger partial charge in [-0.1, -0.05) is 0 Å². The molecular weight excluding hydrogens is 354 g/mol. The van der Waals surface area contributed by atoms with E-state index >= 15 is 0 Å². The molecule has 0 spiro atoms. The van der Waals surface area contributed by atoms with Crippen LogP contribution in [0, 0.1) is 27.7 Å². The van der Waals surface area contributed by atoms with E-state index < -0.39 is 0 Å². The lowest BCUT2D eigenvalue weighted by molar-refractivity contribution is 0.0639. The lowest BCUT2D eigenvalue weighted by Gasteiger charge is -2.35. The maximum absolute atomic E-state index is 12.7. The van der Waals surface area contributed by atoms with Crippen molar-refractivity contribution in [2.24, 2.45) is 7.05 Å². The summed E-state index contributed by atoms with van der Waals surface area (Å²) in [7, 11) is 3.93. The van der Waals surface area contributed by atoms with Gasteiger partial charge in [-0.15, -0.1) is 0 Å². The molecular formula is C20H31N7O. The number of carbonyl (C=O) groups is 1. The van der Waals surface area contributed by atoms with Crippen LogP contribution in [0.4, 0.5) is 5.82 Å². The van der Waals surface area contributed by atoms with Crippen LogP contribution in [-0.4, -0.2) is 81.8 Å². The maximum atomic E-state index is 12.7. The fourth-order valence-corrected chi connectivity index (χ4v) is 3.67. The van der Waals surface area contributed by atoms with Crippen LogP contribution in [0.15, 0.2) is 6.20 Å². The number of carbonyl (C=O) groups excluding carboxylic acids is 1. The normalized spacial score (nSPS) is 15.1. The van der Waals surface area contributed by atoms with Gasteiger partial charge in [0.05, 0.1) is 11.3 Å². The molecule has 3 rings (SSSR count). The third-order valence-electron chi connectivity index (χ3n) is 5.49. The molecule has 8 heteroatoms. The van der Waals surface area contributed by atoms with Crippen LogP contribution in [0.3, 0.4) is 0 Å². The first kappa shape index (κ1) is 20.3. The first-order valence-corrected chi connectivity index (χ1v) is 9.81. The second-order valence-corrected chi connectivity index (χ2v) is 7.66. The SMILES string of the molecule is Cc1nc(C)c(C)c(N(C)CCN2CCN(C(=O)c3cn(C)nc3C)CC2)n1. The lowest BCUT2D eigenvalue weighted by Crippen LogP contribution is -2.50. The van der Waals surface area contributed by atoms with E-state index in [9.17, 15) is 4.79 Å². The molecule has 2 aromatic heterocycles. The van der Waals surface area contributed by atoms with Crippen molar-refractivity contribution in [2.75, 3.05) is 51.2 Å². The Morgan fingerprint density at radius 3 is 2.36 bits per heavy atom. The van der Waals surface area contributed by atoms with Crippen molar-refractivity contribution in [3.63, 3.8) is 0 Å². The molecule has 28 heavy (non-hydrogen) atoms. The van der Waals surface area contributed by atoms with Crippen LogP contribution < -0.4 is 4.90 Å². The Morgan fingerprint density at radius 2 is 1.75 bits per heavy atom. The Morgan fingerprint density at radius 1 is 1.07 bits per heavy atom. The second-order valence-electron chi connectivity index (χ2n) is 7.66. The molecule has 0 radical (unpaired) electrons. The third kappa shape index (κ3) is 4.32. The van der Waals surface area contributed by atoms with Crippen LogP contribution >= 0.6 is 0 Å². The van der Waals surface area contributed by atoms with Gasteiger partial charge in [0.15, 0.2) is 0 Å². The van der Waals surface area contributed by atoms with Crippen molar-refractivity contribution >= 4 is 11.7 Å². The van der Waals surface area contributed by atoms with Crippen molar-refractivity contribution in [1.82, 2.24) is 29.5 Å². The molecule has 152 valence electrons. The average molecular weight is 386 g/mol. The summed E-state index contributed by atoms with van der Waals surface area (Å²) >= 11 is 0. The fourth-order valence-electron chi connectivity index (χ4n) is 3.67. The number of hydrogen-bond acceptors (Lipinski definition) is 6. The first-order valence-electron chi connectivity index (χ1n) is 9.81. The predicted octanol–water partition coefficient (Wildman–Crippen LogP) is 1.34. The summed E-state index contributed by atoms with van der Waals surface area (Å²) < 4.78 is 1.70. The third-order valence-corrected chi connectivity index (χ3v) is 5.49. The summed E-state index contributed by atoms with van der Waals surface area (Å²) in [6.45, 7) is 13.1. The Labute approximate surface area is 167 Å². The largest absolute Gasteiger partial charge is 0.358 e. The molecule has 1 aliphatic rings. The van der Waals surface area contributed by atoms with Gasteiger partial charge in [0, 0.05) is 70.8 Å². The number of hydrogen-bond donors (Lipinski definition) is 0. The van der Waals surface area contributed by atoms with Crippen LogP contribution in [0.5, 0.6) is 0 Å². The number of anilines is 1. The summed E-state index contributed by atoms with van der Waals surface area (Å²) in [5.74, 6) is 1.90. The van der Waals surface area contributed by atoms with Crippen molar-refractivity contribution in [3.05, 3.63) is 34.5 Å². The van der Waals surface area contributed by atoms with E-state index in [0.29, 0.717) is 5.56 Å². The summed E-state index contributed by atoms with van der Waals surface area (Å²) in [5.41, 5.74) is 3.67. The van der Waals surface area contributed by atoms with Gasteiger partial charge in [0.1, 0.15) is 11.6 Å². The molecule has 1 saturated heterocycles. The van der Waals surface area contributed by atoms with E-state index in [1.165, 1.54) is 0 Å². The van der Waals surface area contributed by atoms with Crippen LogP contribution in [0.1, 0.15) is 33.1 Å². The summed E-state index contributed by atoms with van der Waals surface area (Å²) in [4.78, 5) is 28.3. The topological polar surface area (TPSA) is 70.4 Å². The summed E-state index contributed by atoms with van der Waals surface area (Å²) in [6.07, 6.45) is 1.81. The molecule has 3 heterocycles. The molecule has 0 aliphatic carbocycles. The van der Waals surface area contributed by atoms with Gasteiger partial charge in [-0.3, -0.25) is 14.4 Å². The zero-order valence-electron chi connectivity index (χ0n) is 17.9. The number of aromatic nitrogens is 4. The number of likely N-dealkylation sites (N-methyl/N-ethyl adjacent to an activating group) is 1. The quantitative estimate of drug-likeness (QED) is 0.774. The first-order chi connectivity index (χ1) is 13.3. The highest BCUT2D eigenvalue weighted by Gasteiger charge is 2.24.